The van der Waals surface area contributed by atoms with E-state index in [1.165, 1.54) is 11.8 Å². The lowest BCUT2D eigenvalue weighted by Gasteiger charge is -2.30. The number of hydrogen-bond donors (Lipinski definition) is 0. The fourth-order valence-electron chi connectivity index (χ4n) is 3.68. The Morgan fingerprint density at radius 2 is 1.90 bits per heavy atom. The first kappa shape index (κ1) is 21.0. The van der Waals surface area contributed by atoms with E-state index in [2.05, 4.69) is 27.8 Å². The summed E-state index contributed by atoms with van der Waals surface area (Å²) in [6, 6.07) is 11.7. The van der Waals surface area contributed by atoms with Crippen LogP contribution >= 0.6 is 23.4 Å². The third-order valence-corrected chi connectivity index (χ3v) is 6.80. The molecule has 4 rings (SSSR count). The van der Waals surface area contributed by atoms with Crippen LogP contribution in [0.15, 0.2) is 47.8 Å². The molecule has 1 saturated heterocycles. The molecule has 6 nitrogen and oxygen atoms in total. The Balaban J connectivity index is 1.55. The number of amides is 1. The number of aryl methyl sites for hydroxylation is 1. The van der Waals surface area contributed by atoms with E-state index in [-0.39, 0.29) is 5.91 Å². The van der Waals surface area contributed by atoms with Crippen molar-refractivity contribution in [3.63, 3.8) is 0 Å². The van der Waals surface area contributed by atoms with Crippen LogP contribution in [-0.4, -0.2) is 49.0 Å². The maximum atomic E-state index is 12.7. The first-order valence-electron chi connectivity index (χ1n) is 10.2. The Labute approximate surface area is 186 Å². The Kier molecular flexibility index (Phi) is 6.49. The molecule has 1 fully saturated rings. The highest BCUT2D eigenvalue weighted by Crippen LogP contribution is 2.26. The van der Waals surface area contributed by atoms with Gasteiger partial charge in [-0.05, 0) is 55.2 Å². The minimum absolute atomic E-state index is 0.168. The summed E-state index contributed by atoms with van der Waals surface area (Å²) in [5, 5.41) is 10.3. The highest BCUT2D eigenvalue weighted by atomic mass is 35.5. The standard InChI is InChI=1S/C22H26ClN5OS/c1-16-9-12-27(13-10-16)21(29)15-30-22-25-24-20(14-19-4-3-11-26(19)2)28(22)18-7-5-17(23)6-8-18/h3-8,11,16H,9-10,12-15H2,1-2H3. The van der Waals surface area contributed by atoms with Gasteiger partial charge in [-0.25, -0.2) is 0 Å². The predicted molar refractivity (Wildman–Crippen MR) is 120 cm³/mol. The lowest BCUT2D eigenvalue weighted by Crippen LogP contribution is -2.38. The molecular weight excluding hydrogens is 418 g/mol. The van der Waals surface area contributed by atoms with Crippen LogP contribution in [0.3, 0.4) is 0 Å². The van der Waals surface area contributed by atoms with Gasteiger partial charge in [0.1, 0.15) is 5.82 Å². The summed E-state index contributed by atoms with van der Waals surface area (Å²) in [6.45, 7) is 3.95. The molecule has 158 valence electrons. The molecule has 1 aliphatic rings. The van der Waals surface area contributed by atoms with E-state index in [9.17, 15) is 4.79 Å². The smallest absolute Gasteiger partial charge is 0.233 e. The first-order valence-corrected chi connectivity index (χ1v) is 11.6. The minimum Gasteiger partial charge on any atom is -0.354 e. The Morgan fingerprint density at radius 1 is 1.17 bits per heavy atom. The van der Waals surface area contributed by atoms with Crippen molar-refractivity contribution in [2.24, 2.45) is 13.0 Å². The summed E-state index contributed by atoms with van der Waals surface area (Å²) in [5.41, 5.74) is 2.09. The van der Waals surface area contributed by atoms with E-state index in [0.29, 0.717) is 23.1 Å². The van der Waals surface area contributed by atoms with Crippen molar-refractivity contribution in [1.82, 2.24) is 24.2 Å². The Hall–Kier alpha value is -2.25. The van der Waals surface area contributed by atoms with Crippen LogP contribution in [0, 0.1) is 5.92 Å². The Morgan fingerprint density at radius 3 is 2.57 bits per heavy atom. The highest BCUT2D eigenvalue weighted by molar-refractivity contribution is 7.99. The van der Waals surface area contributed by atoms with Crippen molar-refractivity contribution in [3.8, 4) is 5.69 Å². The summed E-state index contributed by atoms with van der Waals surface area (Å²) < 4.78 is 4.11. The van der Waals surface area contributed by atoms with Crippen molar-refractivity contribution in [3.05, 3.63) is 59.1 Å². The van der Waals surface area contributed by atoms with E-state index in [0.717, 1.165) is 48.3 Å². The third-order valence-electron chi connectivity index (χ3n) is 5.64. The van der Waals surface area contributed by atoms with Crippen molar-refractivity contribution in [2.75, 3.05) is 18.8 Å². The van der Waals surface area contributed by atoms with Gasteiger partial charge in [-0.1, -0.05) is 30.3 Å². The number of piperidine rings is 1. The lowest BCUT2D eigenvalue weighted by atomic mass is 9.99. The molecule has 3 aromatic rings. The molecule has 0 spiro atoms. The largest absolute Gasteiger partial charge is 0.354 e. The number of carbonyl (C=O) groups excluding carboxylic acids is 1. The van der Waals surface area contributed by atoms with Crippen molar-refractivity contribution in [1.29, 1.82) is 0 Å². The van der Waals surface area contributed by atoms with Crippen molar-refractivity contribution >= 4 is 29.3 Å². The van der Waals surface area contributed by atoms with Crippen LogP contribution in [0.2, 0.25) is 5.02 Å². The second kappa shape index (κ2) is 9.27. The summed E-state index contributed by atoms with van der Waals surface area (Å²) in [7, 11) is 2.02. The number of likely N-dealkylation sites (tertiary alicyclic amines) is 1. The monoisotopic (exact) mass is 443 g/mol. The predicted octanol–water partition coefficient (Wildman–Crippen LogP) is 4.20. The van der Waals surface area contributed by atoms with E-state index in [1.54, 1.807) is 0 Å². The summed E-state index contributed by atoms with van der Waals surface area (Å²) in [6.07, 6.45) is 4.83. The SMILES string of the molecule is CC1CCN(C(=O)CSc2nnc(Cc3cccn3C)n2-c2ccc(Cl)cc2)CC1. The molecule has 1 amide bonds. The Bertz CT molecular complexity index is 1000. The third kappa shape index (κ3) is 4.73. The van der Waals surface area contributed by atoms with Gasteiger partial charge in [0.2, 0.25) is 5.91 Å². The molecular formula is C22H26ClN5OS. The molecule has 0 N–H and O–H groups in total. The topological polar surface area (TPSA) is 56.0 Å². The van der Waals surface area contributed by atoms with Gasteiger partial charge in [-0.15, -0.1) is 10.2 Å². The number of aromatic nitrogens is 4. The molecule has 0 unspecified atom stereocenters. The minimum atomic E-state index is 0.168. The highest BCUT2D eigenvalue weighted by Gasteiger charge is 2.22. The second-order valence-electron chi connectivity index (χ2n) is 7.85. The molecule has 8 heteroatoms. The molecule has 0 saturated carbocycles. The zero-order valence-electron chi connectivity index (χ0n) is 17.3. The summed E-state index contributed by atoms with van der Waals surface area (Å²) in [4.78, 5) is 14.7. The van der Waals surface area contributed by atoms with Crippen LogP contribution in [-0.2, 0) is 18.3 Å². The molecule has 0 aliphatic carbocycles. The normalized spacial score (nSPS) is 15.0. The van der Waals surface area contributed by atoms with Gasteiger partial charge in [0.25, 0.3) is 0 Å². The summed E-state index contributed by atoms with van der Waals surface area (Å²) >= 11 is 7.53. The average Bonchev–Trinajstić information content (AvgIpc) is 3.34. The average molecular weight is 444 g/mol. The number of thioether (sulfide) groups is 1. The van der Waals surface area contributed by atoms with Gasteiger partial charge in [-0.2, -0.15) is 0 Å². The number of carbonyl (C=O) groups is 1. The fourth-order valence-corrected chi connectivity index (χ4v) is 4.68. The second-order valence-corrected chi connectivity index (χ2v) is 9.23. The number of nitrogens with zero attached hydrogens (tertiary/aromatic N) is 5. The molecule has 1 aliphatic heterocycles. The number of hydrogen-bond acceptors (Lipinski definition) is 4. The van der Waals surface area contributed by atoms with Crippen LogP contribution in [0.4, 0.5) is 0 Å². The van der Waals surface area contributed by atoms with E-state index < -0.39 is 0 Å². The zero-order valence-corrected chi connectivity index (χ0v) is 18.9. The van der Waals surface area contributed by atoms with Crippen molar-refractivity contribution < 1.29 is 4.79 Å². The van der Waals surface area contributed by atoms with Gasteiger partial charge in [0.15, 0.2) is 5.16 Å². The van der Waals surface area contributed by atoms with Crippen LogP contribution < -0.4 is 0 Å². The van der Waals surface area contributed by atoms with E-state index in [1.807, 2.05) is 53.0 Å². The molecule has 30 heavy (non-hydrogen) atoms. The molecule has 0 radical (unpaired) electrons. The quantitative estimate of drug-likeness (QED) is 0.536. The van der Waals surface area contributed by atoms with Gasteiger partial charge in [-0.3, -0.25) is 9.36 Å². The molecule has 0 atom stereocenters. The number of benzene rings is 1. The van der Waals surface area contributed by atoms with Gasteiger partial charge < -0.3 is 9.47 Å². The molecule has 1 aromatic carbocycles. The first-order chi connectivity index (χ1) is 14.5. The van der Waals surface area contributed by atoms with Gasteiger partial charge in [0, 0.05) is 49.2 Å². The molecule has 3 heterocycles. The van der Waals surface area contributed by atoms with Crippen LogP contribution in [0.25, 0.3) is 5.69 Å². The maximum absolute atomic E-state index is 12.7. The van der Waals surface area contributed by atoms with Crippen LogP contribution in [0.1, 0.15) is 31.3 Å². The summed E-state index contributed by atoms with van der Waals surface area (Å²) in [5.74, 6) is 2.07. The van der Waals surface area contributed by atoms with E-state index >= 15 is 0 Å². The maximum Gasteiger partial charge on any atom is 0.233 e. The zero-order chi connectivity index (χ0) is 21.1. The van der Waals surface area contributed by atoms with Crippen molar-refractivity contribution in [2.45, 2.75) is 31.3 Å². The lowest BCUT2D eigenvalue weighted by molar-refractivity contribution is -0.129. The van der Waals surface area contributed by atoms with Gasteiger partial charge >= 0.3 is 0 Å². The van der Waals surface area contributed by atoms with Gasteiger partial charge in [0.05, 0.1) is 5.75 Å². The molecule has 0 bridgehead atoms. The molecule has 2 aromatic heterocycles. The number of rotatable bonds is 6. The van der Waals surface area contributed by atoms with E-state index in [4.69, 9.17) is 11.6 Å². The van der Waals surface area contributed by atoms with Crippen LogP contribution in [0.5, 0.6) is 0 Å². The fraction of sp³-hybridized carbons (Fsp3) is 0.409. The number of halogens is 1.